The van der Waals surface area contributed by atoms with Crippen molar-refractivity contribution in [3.63, 3.8) is 0 Å². The van der Waals surface area contributed by atoms with Crippen LogP contribution in [0.2, 0.25) is 0 Å². The molecule has 0 aromatic heterocycles. The number of likely N-dealkylation sites (tertiary alicyclic amines) is 1. The summed E-state index contributed by atoms with van der Waals surface area (Å²) in [4.78, 5) is 53.7. The molecule has 3 rings (SSSR count). The van der Waals surface area contributed by atoms with Crippen LogP contribution >= 0.6 is 0 Å². The summed E-state index contributed by atoms with van der Waals surface area (Å²) in [5.74, 6) is -1.02. The molecule has 2 aromatic carbocycles. The van der Waals surface area contributed by atoms with Crippen LogP contribution in [0.25, 0.3) is 0 Å². The minimum atomic E-state index is -0.400. The van der Waals surface area contributed by atoms with E-state index in [2.05, 4.69) is 5.32 Å². The fourth-order valence-electron chi connectivity index (χ4n) is 3.95. The van der Waals surface area contributed by atoms with Crippen LogP contribution in [0.15, 0.2) is 48.5 Å². The van der Waals surface area contributed by atoms with Crippen molar-refractivity contribution in [1.29, 1.82) is 0 Å². The number of anilines is 1. The highest BCUT2D eigenvalue weighted by Gasteiger charge is 2.30. The topological polar surface area (TPSA) is 105 Å². The molecule has 1 unspecified atom stereocenters. The van der Waals surface area contributed by atoms with Gasteiger partial charge >= 0.3 is 5.97 Å². The molecular weight excluding hydrogens is 450 g/mol. The van der Waals surface area contributed by atoms with Gasteiger partial charge in [0.05, 0.1) is 37.4 Å². The van der Waals surface area contributed by atoms with Crippen LogP contribution in [0, 0.1) is 5.92 Å². The fraction of sp³-hybridized carbons (Fsp3) is 0.385. The Labute approximate surface area is 205 Å². The number of hydrogen-bond donors (Lipinski definition) is 1. The summed E-state index contributed by atoms with van der Waals surface area (Å²) in [5.41, 5.74) is 1.03. The minimum Gasteiger partial charge on any atom is -0.497 e. The Bertz CT molecular complexity index is 1070. The first kappa shape index (κ1) is 25.7. The number of ether oxygens (including phenoxy) is 2. The molecule has 0 bridgehead atoms. The van der Waals surface area contributed by atoms with Crippen LogP contribution in [0.5, 0.6) is 5.75 Å². The van der Waals surface area contributed by atoms with Gasteiger partial charge in [0, 0.05) is 25.7 Å². The molecule has 186 valence electrons. The maximum atomic E-state index is 13.2. The predicted molar refractivity (Wildman–Crippen MR) is 130 cm³/mol. The number of likely N-dealkylation sites (N-methyl/N-ethyl adjacent to an activating group) is 1. The van der Waals surface area contributed by atoms with Gasteiger partial charge in [-0.25, -0.2) is 0 Å². The van der Waals surface area contributed by atoms with Crippen LogP contribution in [0.3, 0.4) is 0 Å². The second kappa shape index (κ2) is 12.0. The van der Waals surface area contributed by atoms with Gasteiger partial charge < -0.3 is 24.6 Å². The predicted octanol–water partition coefficient (Wildman–Crippen LogP) is 2.82. The van der Waals surface area contributed by atoms with Crippen molar-refractivity contribution in [1.82, 2.24) is 9.80 Å². The standard InChI is InChI=1S/C26H31N3O6/c1-4-35-26(33)19-8-7-15-29(16-19)23(30)17-28(2)25(32)21-9-5-6-10-22(21)27-24(31)18-11-13-20(34-3)14-12-18/h5-6,9-14,19H,4,7-8,15-17H2,1-3H3,(H,27,31). The molecule has 9 heteroatoms. The molecule has 0 radical (unpaired) electrons. The van der Waals surface area contributed by atoms with Crippen molar-refractivity contribution in [3.8, 4) is 5.75 Å². The molecule has 1 N–H and O–H groups in total. The highest BCUT2D eigenvalue weighted by Crippen LogP contribution is 2.21. The Morgan fingerprint density at radius 2 is 1.80 bits per heavy atom. The lowest BCUT2D eigenvalue weighted by Crippen LogP contribution is -2.47. The lowest BCUT2D eigenvalue weighted by molar-refractivity contribution is -0.151. The number of carbonyl (C=O) groups is 4. The van der Waals surface area contributed by atoms with E-state index in [9.17, 15) is 19.2 Å². The highest BCUT2D eigenvalue weighted by molar-refractivity contribution is 6.09. The molecule has 1 fully saturated rings. The van der Waals surface area contributed by atoms with E-state index in [4.69, 9.17) is 9.47 Å². The molecule has 35 heavy (non-hydrogen) atoms. The molecule has 2 aromatic rings. The molecular formula is C26H31N3O6. The van der Waals surface area contributed by atoms with Gasteiger partial charge in [-0.15, -0.1) is 0 Å². The average Bonchev–Trinajstić information content (AvgIpc) is 2.88. The average molecular weight is 482 g/mol. The minimum absolute atomic E-state index is 0.144. The third-order valence-electron chi connectivity index (χ3n) is 5.87. The second-order valence-electron chi connectivity index (χ2n) is 8.32. The largest absolute Gasteiger partial charge is 0.497 e. The quantitative estimate of drug-likeness (QED) is 0.582. The van der Waals surface area contributed by atoms with Gasteiger partial charge in [0.25, 0.3) is 11.8 Å². The van der Waals surface area contributed by atoms with E-state index in [1.54, 1.807) is 67.5 Å². The first-order chi connectivity index (χ1) is 16.8. The number of nitrogens with zero attached hydrogens (tertiary/aromatic N) is 2. The Hall–Kier alpha value is -3.88. The van der Waals surface area contributed by atoms with E-state index >= 15 is 0 Å². The number of rotatable bonds is 8. The molecule has 1 atom stereocenters. The van der Waals surface area contributed by atoms with Gasteiger partial charge in [-0.1, -0.05) is 12.1 Å². The van der Waals surface area contributed by atoms with E-state index in [1.807, 2.05) is 0 Å². The van der Waals surface area contributed by atoms with Crippen molar-refractivity contribution in [2.45, 2.75) is 19.8 Å². The summed E-state index contributed by atoms with van der Waals surface area (Å²) in [6.07, 6.45) is 1.38. The maximum absolute atomic E-state index is 13.2. The lowest BCUT2D eigenvalue weighted by Gasteiger charge is -2.32. The van der Waals surface area contributed by atoms with Gasteiger partial charge in [-0.2, -0.15) is 0 Å². The van der Waals surface area contributed by atoms with Crippen molar-refractivity contribution in [3.05, 3.63) is 59.7 Å². The van der Waals surface area contributed by atoms with Crippen LogP contribution < -0.4 is 10.1 Å². The number of carbonyl (C=O) groups excluding carboxylic acids is 4. The zero-order valence-electron chi connectivity index (χ0n) is 20.3. The smallest absolute Gasteiger partial charge is 0.310 e. The van der Waals surface area contributed by atoms with E-state index in [-0.39, 0.29) is 42.4 Å². The summed E-state index contributed by atoms with van der Waals surface area (Å²) in [6.45, 7) is 2.73. The highest BCUT2D eigenvalue weighted by atomic mass is 16.5. The van der Waals surface area contributed by atoms with Gasteiger partial charge in [-0.3, -0.25) is 19.2 Å². The van der Waals surface area contributed by atoms with E-state index in [0.29, 0.717) is 43.0 Å². The third kappa shape index (κ3) is 6.59. The summed E-state index contributed by atoms with van der Waals surface area (Å²) in [7, 11) is 3.08. The second-order valence-corrected chi connectivity index (χ2v) is 8.32. The van der Waals surface area contributed by atoms with Gasteiger partial charge in [0.2, 0.25) is 5.91 Å². The molecule has 3 amide bonds. The first-order valence-corrected chi connectivity index (χ1v) is 11.6. The number of benzene rings is 2. The van der Waals surface area contributed by atoms with Crippen LogP contribution in [0.1, 0.15) is 40.5 Å². The molecule has 1 saturated heterocycles. The van der Waals surface area contributed by atoms with E-state index < -0.39 is 5.91 Å². The Morgan fingerprint density at radius 1 is 1.09 bits per heavy atom. The van der Waals surface area contributed by atoms with Gasteiger partial charge in [0.1, 0.15) is 5.75 Å². The number of piperidine rings is 1. The summed E-state index contributed by atoms with van der Waals surface area (Å²) in [6, 6.07) is 13.3. The number of hydrogen-bond acceptors (Lipinski definition) is 6. The molecule has 0 saturated carbocycles. The summed E-state index contributed by atoms with van der Waals surface area (Å²) in [5, 5.41) is 2.77. The van der Waals surface area contributed by atoms with Crippen LogP contribution in [-0.4, -0.2) is 73.9 Å². The summed E-state index contributed by atoms with van der Waals surface area (Å²) < 4.78 is 10.2. The fourth-order valence-corrected chi connectivity index (χ4v) is 3.95. The van der Waals surface area contributed by atoms with E-state index in [1.165, 1.54) is 11.9 Å². The molecule has 0 aliphatic carbocycles. The number of amides is 3. The summed E-state index contributed by atoms with van der Waals surface area (Å²) >= 11 is 0. The maximum Gasteiger partial charge on any atom is 0.310 e. The van der Waals surface area contributed by atoms with Gasteiger partial charge in [-0.05, 0) is 56.2 Å². The van der Waals surface area contributed by atoms with Crippen LogP contribution in [0.4, 0.5) is 5.69 Å². The van der Waals surface area contributed by atoms with Gasteiger partial charge in [0.15, 0.2) is 0 Å². The van der Waals surface area contributed by atoms with E-state index in [0.717, 1.165) is 0 Å². The van der Waals surface area contributed by atoms with Crippen molar-refractivity contribution in [2.24, 2.45) is 5.92 Å². The lowest BCUT2D eigenvalue weighted by atomic mass is 9.98. The number of esters is 1. The van der Waals surface area contributed by atoms with Crippen molar-refractivity contribution in [2.75, 3.05) is 45.7 Å². The Morgan fingerprint density at radius 3 is 2.49 bits per heavy atom. The molecule has 1 aliphatic rings. The normalized spacial score (nSPS) is 15.2. The third-order valence-corrected chi connectivity index (χ3v) is 5.87. The Balaban J connectivity index is 1.65. The number of nitrogens with one attached hydrogen (secondary N) is 1. The molecule has 9 nitrogen and oxygen atoms in total. The molecule has 1 aliphatic heterocycles. The van der Waals surface area contributed by atoms with Crippen molar-refractivity contribution >= 4 is 29.4 Å². The number of methoxy groups -OCH3 is 1. The van der Waals surface area contributed by atoms with Crippen molar-refractivity contribution < 1.29 is 28.7 Å². The Kier molecular flexibility index (Phi) is 8.83. The number of para-hydroxylation sites is 1. The molecule has 0 spiro atoms. The molecule has 1 heterocycles. The first-order valence-electron chi connectivity index (χ1n) is 11.6. The zero-order valence-corrected chi connectivity index (χ0v) is 20.3. The van der Waals surface area contributed by atoms with Crippen LogP contribution in [-0.2, 0) is 14.3 Å². The zero-order chi connectivity index (χ0) is 25.4. The monoisotopic (exact) mass is 481 g/mol. The SMILES string of the molecule is CCOC(=O)C1CCCN(C(=O)CN(C)C(=O)c2ccccc2NC(=O)c2ccc(OC)cc2)C1.